The van der Waals surface area contributed by atoms with E-state index >= 15 is 0 Å². The highest BCUT2D eigenvalue weighted by Gasteiger charge is 2.24. The molecule has 1 fully saturated rings. The molecule has 104 valence electrons. The van der Waals surface area contributed by atoms with Gasteiger partial charge in [-0.3, -0.25) is 10.1 Å². The summed E-state index contributed by atoms with van der Waals surface area (Å²) < 4.78 is 13.7. The summed E-state index contributed by atoms with van der Waals surface area (Å²) in [4.78, 5) is 10.2. The van der Waals surface area contributed by atoms with Gasteiger partial charge in [0.25, 0.3) is 5.69 Å². The maximum atomic E-state index is 13.7. The van der Waals surface area contributed by atoms with Crippen LogP contribution in [0.5, 0.6) is 0 Å². The van der Waals surface area contributed by atoms with E-state index in [1.54, 1.807) is 0 Å². The molecule has 0 bridgehead atoms. The Bertz CT molecular complexity index is 465. The summed E-state index contributed by atoms with van der Waals surface area (Å²) >= 11 is 0. The number of nitro groups is 1. The summed E-state index contributed by atoms with van der Waals surface area (Å²) in [5.74, 6) is 0.0958. The molecule has 19 heavy (non-hydrogen) atoms. The SMILES string of the molecule is CCC1CCCCC1Nc1cc([N+](=O)[O-])ccc1F. The third-order valence-corrected chi connectivity index (χ3v) is 3.94. The van der Waals surface area contributed by atoms with Crippen LogP contribution in [-0.4, -0.2) is 11.0 Å². The Labute approximate surface area is 112 Å². The predicted molar refractivity (Wildman–Crippen MR) is 72.7 cm³/mol. The van der Waals surface area contributed by atoms with Crippen molar-refractivity contribution in [1.29, 1.82) is 0 Å². The van der Waals surface area contributed by atoms with Gasteiger partial charge in [0.05, 0.1) is 10.6 Å². The van der Waals surface area contributed by atoms with E-state index in [2.05, 4.69) is 12.2 Å². The zero-order chi connectivity index (χ0) is 13.8. The molecule has 4 nitrogen and oxygen atoms in total. The fourth-order valence-electron chi connectivity index (χ4n) is 2.82. The highest BCUT2D eigenvalue weighted by atomic mass is 19.1. The van der Waals surface area contributed by atoms with Gasteiger partial charge in [-0.15, -0.1) is 0 Å². The van der Waals surface area contributed by atoms with Gasteiger partial charge >= 0.3 is 0 Å². The lowest BCUT2D eigenvalue weighted by atomic mass is 9.83. The van der Waals surface area contributed by atoms with Crippen molar-refractivity contribution in [2.45, 2.75) is 45.1 Å². The molecule has 1 aromatic rings. The first-order valence-electron chi connectivity index (χ1n) is 6.82. The molecular weight excluding hydrogens is 247 g/mol. The van der Waals surface area contributed by atoms with Crippen LogP contribution >= 0.6 is 0 Å². The Balaban J connectivity index is 2.17. The van der Waals surface area contributed by atoms with Crippen LogP contribution in [0.25, 0.3) is 0 Å². The zero-order valence-electron chi connectivity index (χ0n) is 11.1. The van der Waals surface area contributed by atoms with Gasteiger partial charge in [0.1, 0.15) is 5.82 Å². The number of nitrogens with zero attached hydrogens (tertiary/aromatic N) is 1. The van der Waals surface area contributed by atoms with Gasteiger partial charge in [0, 0.05) is 18.2 Å². The number of nitro benzene ring substituents is 1. The lowest BCUT2D eigenvalue weighted by molar-refractivity contribution is -0.384. The Morgan fingerprint density at radius 2 is 2.16 bits per heavy atom. The third-order valence-electron chi connectivity index (χ3n) is 3.94. The van der Waals surface area contributed by atoms with Crippen molar-refractivity contribution in [3.8, 4) is 0 Å². The van der Waals surface area contributed by atoms with E-state index in [0.29, 0.717) is 5.92 Å². The van der Waals surface area contributed by atoms with Gasteiger partial charge in [-0.2, -0.15) is 0 Å². The van der Waals surface area contributed by atoms with Crippen molar-refractivity contribution in [3.05, 3.63) is 34.1 Å². The molecule has 0 aromatic heterocycles. The van der Waals surface area contributed by atoms with Crippen LogP contribution in [0, 0.1) is 21.8 Å². The standard InChI is InChI=1S/C14H19FN2O2/c1-2-10-5-3-4-6-13(10)16-14-9-11(17(18)19)7-8-12(14)15/h7-10,13,16H,2-6H2,1H3. The molecule has 1 aliphatic rings. The molecule has 0 saturated heterocycles. The second-order valence-corrected chi connectivity index (χ2v) is 5.12. The number of anilines is 1. The molecular formula is C14H19FN2O2. The first-order chi connectivity index (χ1) is 9.11. The number of benzene rings is 1. The minimum Gasteiger partial charge on any atom is -0.379 e. The minimum absolute atomic E-state index is 0.0762. The second-order valence-electron chi connectivity index (χ2n) is 5.12. The number of non-ortho nitro benzene ring substituents is 1. The summed E-state index contributed by atoms with van der Waals surface area (Å²) in [5, 5.41) is 13.9. The lowest BCUT2D eigenvalue weighted by Crippen LogP contribution is -2.32. The number of rotatable bonds is 4. The topological polar surface area (TPSA) is 55.2 Å². The number of hydrogen-bond acceptors (Lipinski definition) is 3. The average molecular weight is 266 g/mol. The third kappa shape index (κ3) is 3.22. The first kappa shape index (κ1) is 13.8. The molecule has 1 aliphatic carbocycles. The van der Waals surface area contributed by atoms with E-state index in [1.165, 1.54) is 18.6 Å². The Morgan fingerprint density at radius 3 is 2.84 bits per heavy atom. The fraction of sp³-hybridized carbons (Fsp3) is 0.571. The maximum absolute atomic E-state index is 13.7. The van der Waals surface area contributed by atoms with Crippen molar-refractivity contribution in [2.24, 2.45) is 5.92 Å². The summed E-state index contributed by atoms with van der Waals surface area (Å²) in [5.41, 5.74) is 0.173. The van der Waals surface area contributed by atoms with Crippen LogP contribution in [-0.2, 0) is 0 Å². The summed E-state index contributed by atoms with van der Waals surface area (Å²) in [7, 11) is 0. The highest BCUT2D eigenvalue weighted by Crippen LogP contribution is 2.31. The number of halogens is 1. The molecule has 2 unspecified atom stereocenters. The van der Waals surface area contributed by atoms with Gasteiger partial charge in [-0.05, 0) is 24.8 Å². The Morgan fingerprint density at radius 1 is 1.42 bits per heavy atom. The van der Waals surface area contributed by atoms with Crippen LogP contribution in [0.3, 0.4) is 0 Å². The summed E-state index contributed by atoms with van der Waals surface area (Å²) in [6.07, 6.45) is 5.54. The first-order valence-corrected chi connectivity index (χ1v) is 6.82. The quantitative estimate of drug-likeness (QED) is 0.659. The monoisotopic (exact) mass is 266 g/mol. The average Bonchev–Trinajstić information content (AvgIpc) is 2.41. The molecule has 5 heteroatoms. The van der Waals surface area contributed by atoms with E-state index in [4.69, 9.17) is 0 Å². The van der Waals surface area contributed by atoms with Crippen LogP contribution in [0.2, 0.25) is 0 Å². The maximum Gasteiger partial charge on any atom is 0.271 e. The van der Waals surface area contributed by atoms with E-state index in [0.717, 1.165) is 31.7 Å². The van der Waals surface area contributed by atoms with Gasteiger partial charge in [-0.25, -0.2) is 4.39 Å². The van der Waals surface area contributed by atoms with Crippen molar-refractivity contribution in [2.75, 3.05) is 5.32 Å². The predicted octanol–water partition coefficient (Wildman–Crippen LogP) is 4.11. The fourth-order valence-corrected chi connectivity index (χ4v) is 2.82. The minimum atomic E-state index is -0.497. The molecule has 2 rings (SSSR count). The van der Waals surface area contributed by atoms with E-state index in [1.807, 2.05) is 0 Å². The summed E-state index contributed by atoms with van der Waals surface area (Å²) in [6, 6.07) is 3.86. The second kappa shape index (κ2) is 5.99. The van der Waals surface area contributed by atoms with E-state index in [9.17, 15) is 14.5 Å². The highest BCUT2D eigenvalue weighted by molar-refractivity contribution is 5.53. The Kier molecular flexibility index (Phi) is 4.35. The molecule has 0 amide bonds. The normalized spacial score (nSPS) is 23.1. The van der Waals surface area contributed by atoms with Gasteiger partial charge in [0.15, 0.2) is 0 Å². The molecule has 0 heterocycles. The van der Waals surface area contributed by atoms with Crippen LogP contribution in [0.1, 0.15) is 39.0 Å². The van der Waals surface area contributed by atoms with Crippen molar-refractivity contribution >= 4 is 11.4 Å². The van der Waals surface area contributed by atoms with E-state index in [-0.39, 0.29) is 17.4 Å². The molecule has 0 radical (unpaired) electrons. The smallest absolute Gasteiger partial charge is 0.271 e. The molecule has 1 saturated carbocycles. The molecule has 2 atom stereocenters. The van der Waals surface area contributed by atoms with Gasteiger partial charge in [-0.1, -0.05) is 26.2 Å². The van der Waals surface area contributed by atoms with Gasteiger partial charge < -0.3 is 5.32 Å². The van der Waals surface area contributed by atoms with Crippen LogP contribution in [0.15, 0.2) is 18.2 Å². The zero-order valence-corrected chi connectivity index (χ0v) is 11.1. The van der Waals surface area contributed by atoms with Gasteiger partial charge in [0.2, 0.25) is 0 Å². The largest absolute Gasteiger partial charge is 0.379 e. The van der Waals surface area contributed by atoms with Crippen LogP contribution in [0.4, 0.5) is 15.8 Å². The Hall–Kier alpha value is -1.65. The van der Waals surface area contributed by atoms with Crippen molar-refractivity contribution < 1.29 is 9.31 Å². The molecule has 1 aromatic carbocycles. The molecule has 0 spiro atoms. The number of nitrogens with one attached hydrogen (secondary N) is 1. The van der Waals surface area contributed by atoms with Crippen molar-refractivity contribution in [1.82, 2.24) is 0 Å². The number of hydrogen-bond donors (Lipinski definition) is 1. The van der Waals surface area contributed by atoms with Crippen LogP contribution < -0.4 is 5.32 Å². The summed E-state index contributed by atoms with van der Waals surface area (Å²) in [6.45, 7) is 2.13. The molecule has 0 aliphatic heterocycles. The van der Waals surface area contributed by atoms with Crippen molar-refractivity contribution in [3.63, 3.8) is 0 Å². The molecule has 1 N–H and O–H groups in total. The lowest BCUT2D eigenvalue weighted by Gasteiger charge is -2.32. The van der Waals surface area contributed by atoms with E-state index < -0.39 is 10.7 Å².